The second-order valence-corrected chi connectivity index (χ2v) is 7.05. The Hall–Kier alpha value is -0.130. The van der Waals surface area contributed by atoms with Gasteiger partial charge < -0.3 is 10.0 Å². The van der Waals surface area contributed by atoms with Gasteiger partial charge in [0.05, 0.1) is 11.5 Å². The number of rotatable bonds is 3. The molecule has 84 valence electrons. The molecule has 0 spiro atoms. The number of hydrogen-bond acceptors (Lipinski definition) is 4. The largest absolute Gasteiger partial charge is 0.396 e. The van der Waals surface area contributed by atoms with Crippen molar-refractivity contribution in [2.75, 3.05) is 37.7 Å². The van der Waals surface area contributed by atoms with Crippen molar-refractivity contribution in [1.82, 2.24) is 4.90 Å². The molecular weight excluding hydrogens is 202 g/mol. The lowest BCUT2D eigenvalue weighted by atomic mass is 9.94. The first-order chi connectivity index (χ1) is 6.35. The van der Waals surface area contributed by atoms with E-state index in [9.17, 15) is 8.42 Å². The van der Waals surface area contributed by atoms with Crippen LogP contribution in [0.25, 0.3) is 0 Å². The Bertz CT molecular complexity index is 270. The number of sulfone groups is 1. The molecule has 0 aromatic carbocycles. The van der Waals surface area contributed by atoms with E-state index in [0.29, 0.717) is 13.1 Å². The van der Waals surface area contributed by atoms with E-state index in [4.69, 9.17) is 5.11 Å². The first kappa shape index (κ1) is 11.9. The molecule has 1 heterocycles. The molecule has 0 atom stereocenters. The summed E-state index contributed by atoms with van der Waals surface area (Å²) in [5.41, 5.74) is -0.138. The maximum Gasteiger partial charge on any atom is 0.152 e. The zero-order valence-corrected chi connectivity index (χ0v) is 9.68. The summed E-state index contributed by atoms with van der Waals surface area (Å²) in [5.74, 6) is 0.517. The van der Waals surface area contributed by atoms with Crippen LogP contribution >= 0.6 is 0 Å². The molecule has 1 fully saturated rings. The molecule has 1 saturated heterocycles. The van der Waals surface area contributed by atoms with E-state index in [1.54, 1.807) is 0 Å². The maximum atomic E-state index is 11.2. The van der Waals surface area contributed by atoms with Gasteiger partial charge in [-0.2, -0.15) is 0 Å². The van der Waals surface area contributed by atoms with E-state index < -0.39 is 9.84 Å². The lowest BCUT2D eigenvalue weighted by molar-refractivity contribution is 0.107. The molecule has 1 aliphatic rings. The Morgan fingerprint density at radius 3 is 2.21 bits per heavy atom. The van der Waals surface area contributed by atoms with Crippen LogP contribution in [-0.4, -0.2) is 56.2 Å². The average Bonchev–Trinajstić information content (AvgIpc) is 2.09. The van der Waals surface area contributed by atoms with Crippen molar-refractivity contribution in [3.05, 3.63) is 0 Å². The number of aliphatic hydroxyl groups is 1. The zero-order valence-electron chi connectivity index (χ0n) is 8.86. The second kappa shape index (κ2) is 4.16. The zero-order chi connectivity index (χ0) is 10.8. The fourth-order valence-corrected chi connectivity index (χ4v) is 2.84. The van der Waals surface area contributed by atoms with Crippen molar-refractivity contribution in [2.45, 2.75) is 13.8 Å². The molecule has 14 heavy (non-hydrogen) atoms. The molecule has 0 aromatic rings. The summed E-state index contributed by atoms with van der Waals surface area (Å²) in [6.45, 7) is 6.07. The van der Waals surface area contributed by atoms with Crippen molar-refractivity contribution in [3.8, 4) is 0 Å². The summed E-state index contributed by atoms with van der Waals surface area (Å²) in [7, 11) is -2.78. The molecule has 1 aliphatic heterocycles. The molecule has 5 heteroatoms. The fourth-order valence-electron chi connectivity index (χ4n) is 1.56. The van der Waals surface area contributed by atoms with Gasteiger partial charge in [0, 0.05) is 31.7 Å². The average molecular weight is 221 g/mol. The summed E-state index contributed by atoms with van der Waals surface area (Å²) in [5, 5.41) is 9.08. The van der Waals surface area contributed by atoms with Crippen molar-refractivity contribution in [3.63, 3.8) is 0 Å². The van der Waals surface area contributed by atoms with E-state index in [1.807, 2.05) is 13.8 Å². The van der Waals surface area contributed by atoms with Crippen molar-refractivity contribution in [1.29, 1.82) is 0 Å². The van der Waals surface area contributed by atoms with Crippen LogP contribution in [0.1, 0.15) is 13.8 Å². The summed E-state index contributed by atoms with van der Waals surface area (Å²) in [6.07, 6.45) is 0. The van der Waals surface area contributed by atoms with E-state index >= 15 is 0 Å². The third-order valence-corrected chi connectivity index (χ3v) is 4.13. The lowest BCUT2D eigenvalue weighted by Gasteiger charge is -2.33. The predicted molar refractivity (Wildman–Crippen MR) is 56.0 cm³/mol. The van der Waals surface area contributed by atoms with Crippen LogP contribution < -0.4 is 0 Å². The third-order valence-electron chi connectivity index (χ3n) is 2.52. The van der Waals surface area contributed by atoms with Gasteiger partial charge in [-0.25, -0.2) is 8.42 Å². The van der Waals surface area contributed by atoms with Crippen LogP contribution in [0.2, 0.25) is 0 Å². The highest BCUT2D eigenvalue weighted by Gasteiger charge is 2.26. The fraction of sp³-hybridized carbons (Fsp3) is 1.00. The van der Waals surface area contributed by atoms with Crippen LogP contribution in [0.4, 0.5) is 0 Å². The minimum Gasteiger partial charge on any atom is -0.396 e. The Kier molecular flexibility index (Phi) is 3.55. The molecule has 1 rings (SSSR count). The van der Waals surface area contributed by atoms with Gasteiger partial charge >= 0.3 is 0 Å². The van der Waals surface area contributed by atoms with Gasteiger partial charge in [-0.3, -0.25) is 0 Å². The molecule has 0 amide bonds. The van der Waals surface area contributed by atoms with Crippen LogP contribution in [0.3, 0.4) is 0 Å². The molecule has 0 unspecified atom stereocenters. The lowest BCUT2D eigenvalue weighted by Crippen LogP contribution is -2.45. The number of nitrogens with zero attached hydrogens (tertiary/aromatic N) is 1. The molecule has 0 bridgehead atoms. The van der Waals surface area contributed by atoms with Crippen LogP contribution in [0.5, 0.6) is 0 Å². The van der Waals surface area contributed by atoms with Crippen LogP contribution in [-0.2, 0) is 9.84 Å². The Balaban J connectivity index is 2.44. The summed E-state index contributed by atoms with van der Waals surface area (Å²) < 4.78 is 22.3. The highest BCUT2D eigenvalue weighted by molar-refractivity contribution is 7.91. The van der Waals surface area contributed by atoms with Gasteiger partial charge in [0.25, 0.3) is 0 Å². The topological polar surface area (TPSA) is 57.6 Å². The van der Waals surface area contributed by atoms with Crippen LogP contribution in [0.15, 0.2) is 0 Å². The van der Waals surface area contributed by atoms with E-state index in [0.717, 1.165) is 6.54 Å². The summed E-state index contributed by atoms with van der Waals surface area (Å²) in [4.78, 5) is 2.11. The normalized spacial score (nSPS) is 23.6. The Morgan fingerprint density at radius 2 is 1.79 bits per heavy atom. The summed E-state index contributed by atoms with van der Waals surface area (Å²) in [6, 6.07) is 0. The molecular formula is C9H19NO3S. The molecule has 0 aromatic heterocycles. The molecule has 0 saturated carbocycles. The quantitative estimate of drug-likeness (QED) is 0.713. The van der Waals surface area contributed by atoms with E-state index in [2.05, 4.69) is 4.90 Å². The monoisotopic (exact) mass is 221 g/mol. The van der Waals surface area contributed by atoms with Gasteiger partial charge in [0.15, 0.2) is 9.84 Å². The van der Waals surface area contributed by atoms with E-state index in [1.165, 1.54) is 0 Å². The molecule has 1 N–H and O–H groups in total. The van der Waals surface area contributed by atoms with Crippen molar-refractivity contribution >= 4 is 9.84 Å². The van der Waals surface area contributed by atoms with Gasteiger partial charge in [0.1, 0.15) is 0 Å². The standard InChI is InChI=1S/C9H19NO3S/c1-9(2,8-11)7-10-3-5-14(12,13)6-4-10/h11H,3-8H2,1-2H3. The third kappa shape index (κ3) is 3.55. The minimum absolute atomic E-state index is 0.135. The van der Waals surface area contributed by atoms with Crippen LogP contribution in [0, 0.1) is 5.41 Å². The number of aliphatic hydroxyl groups excluding tert-OH is 1. The second-order valence-electron chi connectivity index (χ2n) is 4.75. The first-order valence-electron chi connectivity index (χ1n) is 4.88. The number of hydrogen-bond donors (Lipinski definition) is 1. The maximum absolute atomic E-state index is 11.2. The summed E-state index contributed by atoms with van der Waals surface area (Å²) >= 11 is 0. The molecule has 4 nitrogen and oxygen atoms in total. The highest BCUT2D eigenvalue weighted by atomic mass is 32.2. The Labute approximate surface area is 85.8 Å². The van der Waals surface area contributed by atoms with E-state index in [-0.39, 0.29) is 23.5 Å². The first-order valence-corrected chi connectivity index (χ1v) is 6.70. The van der Waals surface area contributed by atoms with Crippen molar-refractivity contribution in [2.24, 2.45) is 5.41 Å². The van der Waals surface area contributed by atoms with Gasteiger partial charge in [-0.05, 0) is 0 Å². The SMILES string of the molecule is CC(C)(CO)CN1CCS(=O)(=O)CC1. The smallest absolute Gasteiger partial charge is 0.152 e. The highest BCUT2D eigenvalue weighted by Crippen LogP contribution is 2.17. The minimum atomic E-state index is -2.78. The van der Waals surface area contributed by atoms with Gasteiger partial charge in [-0.15, -0.1) is 0 Å². The van der Waals surface area contributed by atoms with Gasteiger partial charge in [0.2, 0.25) is 0 Å². The molecule has 0 aliphatic carbocycles. The van der Waals surface area contributed by atoms with Crippen molar-refractivity contribution < 1.29 is 13.5 Å². The molecule has 0 radical (unpaired) electrons. The predicted octanol–water partition coefficient (Wildman–Crippen LogP) is -0.265. The van der Waals surface area contributed by atoms with Gasteiger partial charge in [-0.1, -0.05) is 13.8 Å². The Morgan fingerprint density at radius 1 is 1.29 bits per heavy atom.